The van der Waals surface area contributed by atoms with E-state index in [2.05, 4.69) is 15.2 Å². The molecule has 1 amide bonds. The van der Waals surface area contributed by atoms with E-state index in [0.29, 0.717) is 17.7 Å². The number of aromatic nitrogens is 1. The zero-order chi connectivity index (χ0) is 13.0. The monoisotopic (exact) mass is 247 g/mol. The molecule has 0 unspecified atom stereocenters. The SMILES string of the molecule is CN(C)CCCNC(=O)c1ccc2ncoc2c1. The Labute approximate surface area is 106 Å². The fourth-order valence-corrected chi connectivity index (χ4v) is 1.70. The van der Waals surface area contributed by atoms with Crippen LogP contribution in [0, 0.1) is 0 Å². The van der Waals surface area contributed by atoms with E-state index in [4.69, 9.17) is 4.42 Å². The standard InChI is InChI=1S/C13H17N3O2/c1-16(2)7-3-6-14-13(17)10-4-5-11-12(8-10)18-9-15-11/h4-5,8-9H,3,6-7H2,1-2H3,(H,14,17). The number of hydrogen-bond acceptors (Lipinski definition) is 4. The summed E-state index contributed by atoms with van der Waals surface area (Å²) in [6, 6.07) is 5.25. The van der Waals surface area contributed by atoms with E-state index < -0.39 is 0 Å². The van der Waals surface area contributed by atoms with Gasteiger partial charge in [-0.3, -0.25) is 4.79 Å². The molecule has 0 bridgehead atoms. The lowest BCUT2D eigenvalue weighted by molar-refractivity contribution is 0.0952. The second kappa shape index (κ2) is 5.64. The molecule has 96 valence electrons. The second-order valence-corrected chi connectivity index (χ2v) is 4.45. The van der Waals surface area contributed by atoms with Crippen LogP contribution in [0.3, 0.4) is 0 Å². The van der Waals surface area contributed by atoms with Crippen LogP contribution in [0.25, 0.3) is 11.1 Å². The number of amides is 1. The van der Waals surface area contributed by atoms with Gasteiger partial charge in [-0.05, 0) is 45.3 Å². The molecule has 1 aromatic carbocycles. The summed E-state index contributed by atoms with van der Waals surface area (Å²) in [6.07, 6.45) is 2.31. The molecule has 0 aliphatic heterocycles. The van der Waals surface area contributed by atoms with Crippen molar-refractivity contribution in [2.45, 2.75) is 6.42 Å². The Bertz CT molecular complexity index is 534. The molecule has 0 radical (unpaired) electrons. The molecule has 1 heterocycles. The number of carbonyl (C=O) groups excluding carboxylic acids is 1. The number of benzene rings is 1. The van der Waals surface area contributed by atoms with Crippen LogP contribution in [0.15, 0.2) is 29.0 Å². The molecule has 0 saturated heterocycles. The van der Waals surface area contributed by atoms with Crippen LogP contribution in [-0.4, -0.2) is 43.0 Å². The lowest BCUT2D eigenvalue weighted by Gasteiger charge is -2.09. The van der Waals surface area contributed by atoms with E-state index >= 15 is 0 Å². The highest BCUT2D eigenvalue weighted by Crippen LogP contribution is 2.13. The van der Waals surface area contributed by atoms with Crippen molar-refractivity contribution in [2.75, 3.05) is 27.2 Å². The zero-order valence-electron chi connectivity index (χ0n) is 10.6. The molecular weight excluding hydrogens is 230 g/mol. The van der Waals surface area contributed by atoms with Crippen molar-refractivity contribution in [3.8, 4) is 0 Å². The third kappa shape index (κ3) is 3.07. The Morgan fingerprint density at radius 3 is 3.06 bits per heavy atom. The maximum atomic E-state index is 11.9. The van der Waals surface area contributed by atoms with Gasteiger partial charge >= 0.3 is 0 Å². The molecule has 2 aromatic rings. The maximum Gasteiger partial charge on any atom is 0.251 e. The maximum absolute atomic E-state index is 11.9. The fraction of sp³-hybridized carbons (Fsp3) is 0.385. The van der Waals surface area contributed by atoms with Gasteiger partial charge in [0.15, 0.2) is 12.0 Å². The van der Waals surface area contributed by atoms with Crippen molar-refractivity contribution >= 4 is 17.0 Å². The van der Waals surface area contributed by atoms with E-state index in [1.807, 2.05) is 14.1 Å². The summed E-state index contributed by atoms with van der Waals surface area (Å²) in [5.74, 6) is -0.0768. The van der Waals surface area contributed by atoms with Crippen molar-refractivity contribution in [2.24, 2.45) is 0 Å². The molecule has 0 atom stereocenters. The third-order valence-electron chi connectivity index (χ3n) is 2.66. The van der Waals surface area contributed by atoms with E-state index in [0.717, 1.165) is 18.5 Å². The van der Waals surface area contributed by atoms with Crippen LogP contribution >= 0.6 is 0 Å². The van der Waals surface area contributed by atoms with Gasteiger partial charge in [0.05, 0.1) is 0 Å². The van der Waals surface area contributed by atoms with Crippen LogP contribution < -0.4 is 5.32 Å². The number of fused-ring (bicyclic) bond motifs is 1. The first-order valence-corrected chi connectivity index (χ1v) is 5.93. The first-order valence-electron chi connectivity index (χ1n) is 5.93. The first-order chi connectivity index (χ1) is 8.66. The Kier molecular flexibility index (Phi) is 3.94. The highest BCUT2D eigenvalue weighted by atomic mass is 16.3. The van der Waals surface area contributed by atoms with Gasteiger partial charge in [-0.15, -0.1) is 0 Å². The summed E-state index contributed by atoms with van der Waals surface area (Å²) < 4.78 is 5.17. The lowest BCUT2D eigenvalue weighted by atomic mass is 10.2. The zero-order valence-corrected chi connectivity index (χ0v) is 10.6. The van der Waals surface area contributed by atoms with Crippen LogP contribution in [0.2, 0.25) is 0 Å². The van der Waals surface area contributed by atoms with Crippen LogP contribution in [0.5, 0.6) is 0 Å². The van der Waals surface area contributed by atoms with Gasteiger partial charge in [0.25, 0.3) is 5.91 Å². The van der Waals surface area contributed by atoms with Gasteiger partial charge in [-0.25, -0.2) is 4.98 Å². The molecule has 2 rings (SSSR count). The predicted octanol–water partition coefficient (Wildman–Crippen LogP) is 1.51. The summed E-state index contributed by atoms with van der Waals surface area (Å²) in [7, 11) is 4.03. The Balaban J connectivity index is 1.92. The predicted molar refractivity (Wildman–Crippen MR) is 69.5 cm³/mol. The normalized spacial score (nSPS) is 11.1. The largest absolute Gasteiger partial charge is 0.443 e. The second-order valence-electron chi connectivity index (χ2n) is 4.45. The first kappa shape index (κ1) is 12.6. The molecule has 5 nitrogen and oxygen atoms in total. The van der Waals surface area contributed by atoms with E-state index in [1.54, 1.807) is 18.2 Å². The summed E-state index contributed by atoms with van der Waals surface area (Å²) in [4.78, 5) is 18.0. The van der Waals surface area contributed by atoms with Crippen molar-refractivity contribution in [3.63, 3.8) is 0 Å². The van der Waals surface area contributed by atoms with Gasteiger partial charge in [-0.1, -0.05) is 0 Å². The van der Waals surface area contributed by atoms with Crippen LogP contribution in [-0.2, 0) is 0 Å². The molecule has 18 heavy (non-hydrogen) atoms. The lowest BCUT2D eigenvalue weighted by Crippen LogP contribution is -2.27. The molecule has 0 fully saturated rings. The molecule has 0 spiro atoms. The third-order valence-corrected chi connectivity index (χ3v) is 2.66. The molecule has 1 N–H and O–H groups in total. The van der Waals surface area contributed by atoms with Crippen LogP contribution in [0.4, 0.5) is 0 Å². The molecule has 5 heteroatoms. The number of hydrogen-bond donors (Lipinski definition) is 1. The molecule has 1 aromatic heterocycles. The van der Waals surface area contributed by atoms with Crippen LogP contribution in [0.1, 0.15) is 16.8 Å². The number of rotatable bonds is 5. The summed E-state index contributed by atoms with van der Waals surface area (Å²) in [6.45, 7) is 1.63. The number of nitrogens with zero attached hydrogens (tertiary/aromatic N) is 2. The number of oxazole rings is 1. The van der Waals surface area contributed by atoms with Gasteiger partial charge < -0.3 is 14.6 Å². The van der Waals surface area contributed by atoms with Gasteiger partial charge in [0.2, 0.25) is 0 Å². The molecule has 0 aliphatic rings. The topological polar surface area (TPSA) is 58.4 Å². The summed E-state index contributed by atoms with van der Waals surface area (Å²) in [5, 5.41) is 2.88. The summed E-state index contributed by atoms with van der Waals surface area (Å²) in [5.41, 5.74) is 2.00. The Morgan fingerprint density at radius 1 is 1.44 bits per heavy atom. The Morgan fingerprint density at radius 2 is 2.28 bits per heavy atom. The molecular formula is C13H17N3O2. The van der Waals surface area contributed by atoms with E-state index in [1.165, 1.54) is 6.39 Å². The molecule has 0 aliphatic carbocycles. The van der Waals surface area contributed by atoms with Crippen molar-refractivity contribution in [1.29, 1.82) is 0 Å². The fourth-order valence-electron chi connectivity index (χ4n) is 1.70. The van der Waals surface area contributed by atoms with Gasteiger partial charge in [0.1, 0.15) is 5.52 Å². The van der Waals surface area contributed by atoms with E-state index in [-0.39, 0.29) is 5.91 Å². The van der Waals surface area contributed by atoms with Crippen molar-refractivity contribution in [1.82, 2.24) is 15.2 Å². The average molecular weight is 247 g/mol. The van der Waals surface area contributed by atoms with Crippen molar-refractivity contribution in [3.05, 3.63) is 30.2 Å². The number of carbonyl (C=O) groups is 1. The minimum Gasteiger partial charge on any atom is -0.443 e. The van der Waals surface area contributed by atoms with Gasteiger partial charge in [-0.2, -0.15) is 0 Å². The average Bonchev–Trinajstić information content (AvgIpc) is 2.81. The minimum atomic E-state index is -0.0768. The molecule has 0 saturated carbocycles. The Hall–Kier alpha value is -1.88. The van der Waals surface area contributed by atoms with Gasteiger partial charge in [0, 0.05) is 12.1 Å². The smallest absolute Gasteiger partial charge is 0.251 e. The highest BCUT2D eigenvalue weighted by molar-refractivity contribution is 5.96. The van der Waals surface area contributed by atoms with E-state index in [9.17, 15) is 4.79 Å². The quantitative estimate of drug-likeness (QED) is 0.814. The minimum absolute atomic E-state index is 0.0768. The summed E-state index contributed by atoms with van der Waals surface area (Å²) >= 11 is 0. The highest BCUT2D eigenvalue weighted by Gasteiger charge is 2.07. The number of nitrogens with one attached hydrogen (secondary N) is 1. The van der Waals surface area contributed by atoms with Crippen molar-refractivity contribution < 1.29 is 9.21 Å².